The molecule has 1 amide bonds. The first-order valence-corrected chi connectivity index (χ1v) is 5.01. The van der Waals surface area contributed by atoms with Crippen molar-refractivity contribution < 1.29 is 4.79 Å². The lowest BCUT2D eigenvalue weighted by molar-refractivity contribution is -0.128. The van der Waals surface area contributed by atoms with Crippen LogP contribution in [0.2, 0.25) is 0 Å². The normalized spacial score (nSPS) is 12.2. The highest BCUT2D eigenvalue weighted by Crippen LogP contribution is 2.03. The van der Waals surface area contributed by atoms with Gasteiger partial charge in [-0.15, -0.1) is 6.58 Å². The fourth-order valence-corrected chi connectivity index (χ4v) is 1.24. The zero-order valence-electron chi connectivity index (χ0n) is 7.72. The number of halogens is 1. The summed E-state index contributed by atoms with van der Waals surface area (Å²) in [5.41, 5.74) is 0. The summed E-state index contributed by atoms with van der Waals surface area (Å²) < 4.78 is 0. The number of carbonyl (C=O) groups is 1. The number of hydrogen-bond donors (Lipinski definition) is 0. The molecule has 0 radical (unpaired) electrons. The first kappa shape index (κ1) is 11.7. The van der Waals surface area contributed by atoms with Crippen LogP contribution in [0.5, 0.6) is 0 Å². The average molecular weight is 234 g/mol. The largest absolute Gasteiger partial charge is 0.345 e. The Kier molecular flexibility index (Phi) is 6.07. The van der Waals surface area contributed by atoms with Crippen molar-refractivity contribution >= 4 is 21.8 Å². The summed E-state index contributed by atoms with van der Waals surface area (Å²) in [5, 5.41) is 0. The average Bonchev–Trinajstić information content (AvgIpc) is 2.03. The van der Waals surface area contributed by atoms with Gasteiger partial charge in [-0.3, -0.25) is 4.79 Å². The molecule has 0 heterocycles. The third-order valence-electron chi connectivity index (χ3n) is 1.62. The number of nitrogens with zero attached hydrogens (tertiary/aromatic N) is 1. The molecule has 0 aliphatic carbocycles. The van der Waals surface area contributed by atoms with Crippen LogP contribution in [0.15, 0.2) is 12.7 Å². The number of carbonyl (C=O) groups excluding carboxylic acids is 1. The molecule has 0 aromatic heterocycles. The lowest BCUT2D eigenvalue weighted by atomic mass is 10.3. The van der Waals surface area contributed by atoms with Gasteiger partial charge in [0.15, 0.2) is 0 Å². The lowest BCUT2D eigenvalue weighted by Gasteiger charge is -2.17. The Hall–Kier alpha value is -0.310. The second-order valence-corrected chi connectivity index (χ2v) is 4.18. The Morgan fingerprint density at radius 2 is 2.33 bits per heavy atom. The van der Waals surface area contributed by atoms with Gasteiger partial charge in [0.25, 0.3) is 0 Å². The van der Waals surface area contributed by atoms with Gasteiger partial charge in [-0.2, -0.15) is 0 Å². The number of amides is 1. The first-order valence-electron chi connectivity index (χ1n) is 4.09. The second-order valence-electron chi connectivity index (χ2n) is 2.81. The lowest BCUT2D eigenvalue weighted by Crippen LogP contribution is -2.32. The molecular formula is C9H16BrNO. The van der Waals surface area contributed by atoms with E-state index in [-0.39, 0.29) is 10.7 Å². The molecule has 1 atom stereocenters. The van der Waals surface area contributed by atoms with Crippen molar-refractivity contribution in [2.24, 2.45) is 0 Å². The smallest absolute Gasteiger partial charge is 0.235 e. The van der Waals surface area contributed by atoms with Crippen molar-refractivity contribution in [3.8, 4) is 0 Å². The maximum absolute atomic E-state index is 11.3. The Balaban J connectivity index is 3.64. The maximum Gasteiger partial charge on any atom is 0.235 e. The van der Waals surface area contributed by atoms with Gasteiger partial charge in [0.2, 0.25) is 5.91 Å². The van der Waals surface area contributed by atoms with Gasteiger partial charge in [-0.25, -0.2) is 0 Å². The molecule has 0 aliphatic heterocycles. The Morgan fingerprint density at radius 1 is 1.75 bits per heavy atom. The van der Waals surface area contributed by atoms with E-state index in [0.717, 1.165) is 19.4 Å². The minimum atomic E-state index is -0.0776. The van der Waals surface area contributed by atoms with Crippen LogP contribution in [0.3, 0.4) is 0 Å². The molecule has 0 saturated carbocycles. The molecule has 0 aromatic rings. The van der Waals surface area contributed by atoms with E-state index >= 15 is 0 Å². The minimum absolute atomic E-state index is 0.0776. The molecule has 12 heavy (non-hydrogen) atoms. The van der Waals surface area contributed by atoms with Crippen molar-refractivity contribution in [2.75, 3.05) is 13.6 Å². The number of hydrogen-bond acceptors (Lipinski definition) is 1. The summed E-state index contributed by atoms with van der Waals surface area (Å²) in [7, 11) is 1.82. The Labute approximate surface area is 82.8 Å². The summed E-state index contributed by atoms with van der Waals surface area (Å²) in [4.78, 5) is 13.0. The van der Waals surface area contributed by atoms with E-state index in [1.165, 1.54) is 0 Å². The fraction of sp³-hybridized carbons (Fsp3) is 0.667. The van der Waals surface area contributed by atoms with E-state index in [0.29, 0.717) is 0 Å². The monoisotopic (exact) mass is 233 g/mol. The number of alkyl halides is 1. The quantitative estimate of drug-likeness (QED) is 0.405. The zero-order valence-corrected chi connectivity index (χ0v) is 9.30. The zero-order chi connectivity index (χ0) is 9.56. The molecular weight excluding hydrogens is 218 g/mol. The molecule has 0 aliphatic rings. The van der Waals surface area contributed by atoms with Gasteiger partial charge >= 0.3 is 0 Å². The minimum Gasteiger partial charge on any atom is -0.345 e. The summed E-state index contributed by atoms with van der Waals surface area (Å²) in [6.45, 7) is 6.27. The van der Waals surface area contributed by atoms with Gasteiger partial charge in [0.1, 0.15) is 0 Å². The highest BCUT2D eigenvalue weighted by atomic mass is 79.9. The molecule has 2 nitrogen and oxygen atoms in total. The van der Waals surface area contributed by atoms with Gasteiger partial charge in [-0.05, 0) is 19.8 Å². The third kappa shape index (κ3) is 4.54. The van der Waals surface area contributed by atoms with Crippen LogP contribution < -0.4 is 0 Å². The Bertz CT molecular complexity index is 157. The maximum atomic E-state index is 11.3. The van der Waals surface area contributed by atoms with E-state index in [1.807, 2.05) is 20.0 Å². The van der Waals surface area contributed by atoms with E-state index in [4.69, 9.17) is 0 Å². The summed E-state index contributed by atoms with van der Waals surface area (Å²) in [6.07, 6.45) is 3.83. The topological polar surface area (TPSA) is 20.3 Å². The summed E-state index contributed by atoms with van der Waals surface area (Å²) in [6, 6.07) is 0. The van der Waals surface area contributed by atoms with Crippen LogP contribution in [0.25, 0.3) is 0 Å². The van der Waals surface area contributed by atoms with Crippen molar-refractivity contribution in [2.45, 2.75) is 24.6 Å². The van der Waals surface area contributed by atoms with Crippen LogP contribution in [0.1, 0.15) is 19.8 Å². The molecule has 0 aromatic carbocycles. The SMILES string of the molecule is C=CCCCN(C)C(=O)C(C)Br. The van der Waals surface area contributed by atoms with E-state index in [9.17, 15) is 4.79 Å². The predicted octanol–water partition coefficient (Wildman–Crippen LogP) is 2.19. The number of unbranched alkanes of at least 4 members (excludes halogenated alkanes) is 1. The molecule has 0 fully saturated rings. The molecule has 3 heteroatoms. The van der Waals surface area contributed by atoms with E-state index in [2.05, 4.69) is 22.5 Å². The molecule has 70 valence electrons. The van der Waals surface area contributed by atoms with E-state index < -0.39 is 0 Å². The molecule has 0 bridgehead atoms. The van der Waals surface area contributed by atoms with Crippen LogP contribution in [-0.4, -0.2) is 29.2 Å². The molecule has 0 rings (SSSR count). The van der Waals surface area contributed by atoms with Crippen molar-refractivity contribution in [3.63, 3.8) is 0 Å². The summed E-state index contributed by atoms with van der Waals surface area (Å²) in [5.74, 6) is 0.138. The van der Waals surface area contributed by atoms with Gasteiger partial charge in [0.05, 0.1) is 4.83 Å². The van der Waals surface area contributed by atoms with Crippen LogP contribution in [-0.2, 0) is 4.79 Å². The highest BCUT2D eigenvalue weighted by Gasteiger charge is 2.12. The molecule has 0 spiro atoms. The highest BCUT2D eigenvalue weighted by molar-refractivity contribution is 9.10. The van der Waals surface area contributed by atoms with Crippen molar-refractivity contribution in [1.82, 2.24) is 4.90 Å². The number of allylic oxidation sites excluding steroid dienone is 1. The van der Waals surface area contributed by atoms with Gasteiger partial charge in [-0.1, -0.05) is 22.0 Å². The third-order valence-corrected chi connectivity index (χ3v) is 2.01. The summed E-state index contributed by atoms with van der Waals surface area (Å²) >= 11 is 3.24. The van der Waals surface area contributed by atoms with Crippen LogP contribution in [0, 0.1) is 0 Å². The Morgan fingerprint density at radius 3 is 2.75 bits per heavy atom. The van der Waals surface area contributed by atoms with E-state index in [1.54, 1.807) is 4.90 Å². The number of rotatable bonds is 5. The predicted molar refractivity (Wildman–Crippen MR) is 55.5 cm³/mol. The standard InChI is InChI=1S/C9H16BrNO/c1-4-5-6-7-11(3)9(12)8(2)10/h4,8H,1,5-7H2,2-3H3. The second kappa shape index (κ2) is 6.23. The van der Waals surface area contributed by atoms with Crippen molar-refractivity contribution in [1.29, 1.82) is 0 Å². The molecule has 1 unspecified atom stereocenters. The van der Waals surface area contributed by atoms with Gasteiger partial charge < -0.3 is 4.90 Å². The van der Waals surface area contributed by atoms with Crippen LogP contribution in [0.4, 0.5) is 0 Å². The molecule has 0 N–H and O–H groups in total. The first-order chi connectivity index (χ1) is 5.59. The molecule has 0 saturated heterocycles. The van der Waals surface area contributed by atoms with Crippen LogP contribution >= 0.6 is 15.9 Å². The van der Waals surface area contributed by atoms with Gasteiger partial charge in [0, 0.05) is 13.6 Å². The fourth-order valence-electron chi connectivity index (χ4n) is 0.887. The van der Waals surface area contributed by atoms with Crippen molar-refractivity contribution in [3.05, 3.63) is 12.7 Å².